The van der Waals surface area contributed by atoms with Crippen LogP contribution in [0, 0.1) is 5.82 Å². The second-order valence-electron chi connectivity index (χ2n) is 7.41. The molecule has 7 nitrogen and oxygen atoms in total. The summed E-state index contributed by atoms with van der Waals surface area (Å²) in [6.45, 7) is 1.38. The summed E-state index contributed by atoms with van der Waals surface area (Å²) in [5.74, 6) is -0.279. The molecule has 3 N–H and O–H groups in total. The molecule has 1 aromatic carbocycles. The zero-order valence-electron chi connectivity index (χ0n) is 15.9. The number of benzene rings is 1. The molecule has 0 bridgehead atoms. The van der Waals surface area contributed by atoms with Gasteiger partial charge in [-0.1, -0.05) is 0 Å². The van der Waals surface area contributed by atoms with E-state index in [0.29, 0.717) is 24.9 Å². The van der Waals surface area contributed by atoms with Gasteiger partial charge in [0.05, 0.1) is 25.2 Å². The van der Waals surface area contributed by atoms with Gasteiger partial charge in [-0.25, -0.2) is 9.18 Å². The number of halogens is 1. The fourth-order valence-electron chi connectivity index (χ4n) is 3.78. The topological polar surface area (TPSA) is 90.9 Å². The minimum Gasteiger partial charge on any atom is -0.394 e. The van der Waals surface area contributed by atoms with Gasteiger partial charge in [-0.3, -0.25) is 4.79 Å². The van der Waals surface area contributed by atoms with Gasteiger partial charge in [0.1, 0.15) is 11.9 Å². The molecule has 2 saturated heterocycles. The monoisotopic (exact) mass is 393 g/mol. The molecule has 0 saturated carbocycles. The van der Waals surface area contributed by atoms with Crippen molar-refractivity contribution in [3.05, 3.63) is 30.1 Å². The summed E-state index contributed by atoms with van der Waals surface area (Å²) in [6, 6.07) is 4.67. The molecule has 2 aliphatic heterocycles. The predicted molar refractivity (Wildman–Crippen MR) is 102 cm³/mol. The Morgan fingerprint density at radius 2 is 1.86 bits per heavy atom. The molecule has 0 radical (unpaired) electrons. The zero-order valence-corrected chi connectivity index (χ0v) is 15.9. The van der Waals surface area contributed by atoms with E-state index in [0.717, 1.165) is 25.9 Å². The van der Waals surface area contributed by atoms with Crippen LogP contribution in [0.3, 0.4) is 0 Å². The number of nitrogens with one attached hydrogen (secondary N) is 2. The Balaban J connectivity index is 1.47. The first-order chi connectivity index (χ1) is 13.5. The van der Waals surface area contributed by atoms with Gasteiger partial charge in [0, 0.05) is 18.8 Å². The third kappa shape index (κ3) is 5.65. The number of amides is 3. The molecular weight excluding hydrogens is 365 g/mol. The van der Waals surface area contributed by atoms with Crippen molar-refractivity contribution < 1.29 is 23.8 Å². The van der Waals surface area contributed by atoms with Crippen molar-refractivity contribution in [1.29, 1.82) is 0 Å². The molecule has 0 aromatic heterocycles. The van der Waals surface area contributed by atoms with Gasteiger partial charge in [0.2, 0.25) is 5.91 Å². The fourth-order valence-corrected chi connectivity index (χ4v) is 3.78. The van der Waals surface area contributed by atoms with Crippen LogP contribution in [-0.4, -0.2) is 59.9 Å². The molecular formula is C20H28FN3O4. The molecule has 8 heteroatoms. The van der Waals surface area contributed by atoms with E-state index in [-0.39, 0.29) is 30.5 Å². The zero-order chi connectivity index (χ0) is 19.9. The second kappa shape index (κ2) is 9.84. The average molecular weight is 393 g/mol. The first kappa shape index (κ1) is 20.5. The van der Waals surface area contributed by atoms with Gasteiger partial charge < -0.3 is 25.4 Å². The van der Waals surface area contributed by atoms with Crippen LogP contribution in [0.2, 0.25) is 0 Å². The Kier molecular flexibility index (Phi) is 7.22. The number of piperidine rings is 1. The fraction of sp³-hybridized carbons (Fsp3) is 0.600. The number of likely N-dealkylation sites (tertiary alicyclic amines) is 1. The summed E-state index contributed by atoms with van der Waals surface area (Å²) < 4.78 is 18.8. The van der Waals surface area contributed by atoms with Crippen molar-refractivity contribution in [3.63, 3.8) is 0 Å². The van der Waals surface area contributed by atoms with E-state index in [1.54, 1.807) is 0 Å². The molecule has 2 heterocycles. The highest BCUT2D eigenvalue weighted by Gasteiger charge is 2.33. The SMILES string of the molecule is O=C(Nc1ccc(F)cc1)N[C@H]1CC[C@@H](CC(=O)N2CCCCC2)O[C@H]1CO. The normalized spacial score (nSPS) is 25.2. The Bertz CT molecular complexity index is 664. The second-order valence-corrected chi connectivity index (χ2v) is 7.41. The average Bonchev–Trinajstić information content (AvgIpc) is 2.71. The smallest absolute Gasteiger partial charge is 0.319 e. The molecule has 154 valence electrons. The maximum absolute atomic E-state index is 12.9. The highest BCUT2D eigenvalue weighted by molar-refractivity contribution is 5.89. The van der Waals surface area contributed by atoms with E-state index >= 15 is 0 Å². The maximum atomic E-state index is 12.9. The van der Waals surface area contributed by atoms with Gasteiger partial charge in [0.25, 0.3) is 0 Å². The summed E-state index contributed by atoms with van der Waals surface area (Å²) in [5.41, 5.74) is 0.473. The molecule has 0 spiro atoms. The predicted octanol–water partition coefficient (Wildman–Crippen LogP) is 2.26. The first-order valence-corrected chi connectivity index (χ1v) is 9.92. The van der Waals surface area contributed by atoms with Gasteiger partial charge >= 0.3 is 6.03 Å². The van der Waals surface area contributed by atoms with Crippen molar-refractivity contribution in [2.45, 2.75) is 56.8 Å². The van der Waals surface area contributed by atoms with Crippen molar-refractivity contribution >= 4 is 17.6 Å². The Labute approximate surface area is 164 Å². The molecule has 1 aromatic rings. The van der Waals surface area contributed by atoms with E-state index in [1.165, 1.54) is 30.7 Å². The summed E-state index contributed by atoms with van der Waals surface area (Å²) in [6.07, 6.45) is 4.01. The van der Waals surface area contributed by atoms with Crippen molar-refractivity contribution in [1.82, 2.24) is 10.2 Å². The number of nitrogens with zero attached hydrogens (tertiary/aromatic N) is 1. The lowest BCUT2D eigenvalue weighted by Crippen LogP contribution is -2.52. The van der Waals surface area contributed by atoms with Crippen molar-refractivity contribution in [2.75, 3.05) is 25.0 Å². The molecule has 28 heavy (non-hydrogen) atoms. The lowest BCUT2D eigenvalue weighted by atomic mass is 9.96. The Morgan fingerprint density at radius 3 is 2.54 bits per heavy atom. The van der Waals surface area contributed by atoms with Crippen LogP contribution in [-0.2, 0) is 9.53 Å². The number of aliphatic hydroxyl groups excluding tert-OH is 1. The minimum atomic E-state index is -0.563. The molecule has 2 aliphatic rings. The molecule has 0 aliphatic carbocycles. The summed E-state index contributed by atoms with van der Waals surface area (Å²) in [4.78, 5) is 26.5. The Morgan fingerprint density at radius 1 is 1.14 bits per heavy atom. The van der Waals surface area contributed by atoms with E-state index < -0.39 is 12.1 Å². The lowest BCUT2D eigenvalue weighted by molar-refractivity contribution is -0.141. The molecule has 3 rings (SSSR count). The number of urea groups is 1. The highest BCUT2D eigenvalue weighted by atomic mass is 19.1. The molecule has 0 unspecified atom stereocenters. The molecule has 3 amide bonds. The van der Waals surface area contributed by atoms with Crippen LogP contribution < -0.4 is 10.6 Å². The van der Waals surface area contributed by atoms with Crippen LogP contribution in [0.4, 0.5) is 14.9 Å². The van der Waals surface area contributed by atoms with E-state index in [9.17, 15) is 19.1 Å². The number of hydrogen-bond acceptors (Lipinski definition) is 4. The summed E-state index contributed by atoms with van der Waals surface area (Å²) >= 11 is 0. The van der Waals surface area contributed by atoms with E-state index in [1.807, 2.05) is 4.90 Å². The number of carbonyl (C=O) groups is 2. The Hall–Kier alpha value is -2.19. The standard InChI is InChI=1S/C20H28FN3O4/c21-14-4-6-15(7-5-14)22-20(27)23-17-9-8-16(28-18(17)13-25)12-19(26)24-10-2-1-3-11-24/h4-7,16-18,25H,1-3,8-13H2,(H2,22,23,27)/t16-,17-,18-/m0/s1. The lowest BCUT2D eigenvalue weighted by Gasteiger charge is -2.37. The van der Waals surface area contributed by atoms with Gasteiger partial charge in [0.15, 0.2) is 0 Å². The van der Waals surface area contributed by atoms with Crippen molar-refractivity contribution in [3.8, 4) is 0 Å². The van der Waals surface area contributed by atoms with E-state index in [4.69, 9.17) is 4.74 Å². The van der Waals surface area contributed by atoms with E-state index in [2.05, 4.69) is 10.6 Å². The quantitative estimate of drug-likeness (QED) is 0.716. The third-order valence-corrected chi connectivity index (χ3v) is 5.33. The van der Waals surface area contributed by atoms with Crippen LogP contribution in [0.25, 0.3) is 0 Å². The number of carbonyl (C=O) groups excluding carboxylic acids is 2. The molecule has 2 fully saturated rings. The van der Waals surface area contributed by atoms with Crippen LogP contribution in [0.1, 0.15) is 38.5 Å². The van der Waals surface area contributed by atoms with Gasteiger partial charge in [-0.05, 0) is 56.4 Å². The number of anilines is 1. The summed E-state index contributed by atoms with van der Waals surface area (Å²) in [7, 11) is 0. The number of aliphatic hydroxyl groups is 1. The van der Waals surface area contributed by atoms with Crippen LogP contribution in [0.15, 0.2) is 24.3 Å². The summed E-state index contributed by atoms with van der Waals surface area (Å²) in [5, 5.41) is 15.1. The largest absolute Gasteiger partial charge is 0.394 e. The van der Waals surface area contributed by atoms with Crippen LogP contribution >= 0.6 is 0 Å². The maximum Gasteiger partial charge on any atom is 0.319 e. The van der Waals surface area contributed by atoms with Crippen LogP contribution in [0.5, 0.6) is 0 Å². The first-order valence-electron chi connectivity index (χ1n) is 9.92. The molecule has 3 atom stereocenters. The van der Waals surface area contributed by atoms with Crippen molar-refractivity contribution in [2.24, 2.45) is 0 Å². The van der Waals surface area contributed by atoms with Gasteiger partial charge in [-0.15, -0.1) is 0 Å². The highest BCUT2D eigenvalue weighted by Crippen LogP contribution is 2.23. The number of hydrogen-bond donors (Lipinski definition) is 3. The number of ether oxygens (including phenoxy) is 1. The number of rotatable bonds is 5. The van der Waals surface area contributed by atoms with Gasteiger partial charge in [-0.2, -0.15) is 0 Å². The third-order valence-electron chi connectivity index (χ3n) is 5.33. The minimum absolute atomic E-state index is 0.0989.